The van der Waals surface area contributed by atoms with E-state index in [0.29, 0.717) is 0 Å². The van der Waals surface area contributed by atoms with Gasteiger partial charge in [-0.2, -0.15) is 0 Å². The van der Waals surface area contributed by atoms with Gasteiger partial charge >= 0.3 is 0 Å². The van der Waals surface area contributed by atoms with Crippen LogP contribution >= 0.6 is 15.9 Å². The molecule has 5 heteroatoms. The third-order valence-electron chi connectivity index (χ3n) is 2.51. The van der Waals surface area contributed by atoms with E-state index in [1.165, 1.54) is 6.07 Å². The van der Waals surface area contributed by atoms with Crippen molar-refractivity contribution < 1.29 is 18.3 Å². The molecule has 100 valence electrons. The molecule has 0 saturated carbocycles. The van der Waals surface area contributed by atoms with Gasteiger partial charge in [-0.1, -0.05) is 6.07 Å². The molecule has 0 radical (unpaired) electrons. The Bertz CT molecular complexity index is 588. The van der Waals surface area contributed by atoms with Gasteiger partial charge in [-0.05, 0) is 45.8 Å². The van der Waals surface area contributed by atoms with Crippen molar-refractivity contribution in [3.8, 4) is 11.5 Å². The third kappa shape index (κ3) is 3.44. The molecule has 0 bridgehead atoms. The van der Waals surface area contributed by atoms with Crippen molar-refractivity contribution in [1.82, 2.24) is 0 Å². The second-order valence-electron chi connectivity index (χ2n) is 3.83. The van der Waals surface area contributed by atoms with Gasteiger partial charge in [0.2, 0.25) is 0 Å². The molecule has 0 aliphatic carbocycles. The largest absolute Gasteiger partial charge is 0.496 e. The molecule has 0 N–H and O–H groups in total. The molecule has 2 aromatic carbocycles. The van der Waals surface area contributed by atoms with Crippen LogP contribution in [-0.2, 0) is 6.61 Å². The van der Waals surface area contributed by atoms with Gasteiger partial charge in [0.05, 0.1) is 11.6 Å². The van der Waals surface area contributed by atoms with Crippen molar-refractivity contribution in [2.24, 2.45) is 0 Å². The summed E-state index contributed by atoms with van der Waals surface area (Å²) in [5.74, 6) is -0.810. The van der Waals surface area contributed by atoms with Crippen LogP contribution in [0.3, 0.4) is 0 Å². The summed E-state index contributed by atoms with van der Waals surface area (Å²) >= 11 is 3.36. The van der Waals surface area contributed by atoms with Crippen molar-refractivity contribution >= 4 is 15.9 Å². The highest BCUT2D eigenvalue weighted by molar-refractivity contribution is 9.10. The highest BCUT2D eigenvalue weighted by atomic mass is 79.9. The summed E-state index contributed by atoms with van der Waals surface area (Å²) < 4.78 is 37.0. The summed E-state index contributed by atoms with van der Waals surface area (Å²) in [6.45, 7) is 0.258. The minimum Gasteiger partial charge on any atom is -0.496 e. The van der Waals surface area contributed by atoms with Crippen LogP contribution in [-0.4, -0.2) is 7.11 Å². The lowest BCUT2D eigenvalue weighted by atomic mass is 10.2. The highest BCUT2D eigenvalue weighted by Gasteiger charge is 2.05. The maximum atomic E-state index is 13.0. The SMILES string of the molecule is COc1ccc(COc2ccc(F)c(F)c2)cc1Br. The molecular weight excluding hydrogens is 318 g/mol. The van der Waals surface area contributed by atoms with E-state index in [2.05, 4.69) is 15.9 Å². The molecule has 0 saturated heterocycles. The number of halogens is 3. The van der Waals surface area contributed by atoms with Crippen LogP contribution in [0.25, 0.3) is 0 Å². The van der Waals surface area contributed by atoms with Crippen molar-refractivity contribution in [1.29, 1.82) is 0 Å². The van der Waals surface area contributed by atoms with Crippen LogP contribution in [0.15, 0.2) is 40.9 Å². The zero-order valence-electron chi connectivity index (χ0n) is 10.1. The summed E-state index contributed by atoms with van der Waals surface area (Å²) in [6.07, 6.45) is 0. The molecule has 0 unspecified atom stereocenters. The molecule has 0 atom stereocenters. The summed E-state index contributed by atoms with van der Waals surface area (Å²) in [5, 5.41) is 0. The minimum atomic E-state index is -0.923. The summed E-state index contributed by atoms with van der Waals surface area (Å²) in [5.41, 5.74) is 0.886. The maximum Gasteiger partial charge on any atom is 0.162 e. The molecule has 0 aromatic heterocycles. The lowest BCUT2D eigenvalue weighted by Gasteiger charge is -2.08. The number of hydrogen-bond donors (Lipinski definition) is 0. The van der Waals surface area contributed by atoms with E-state index in [1.807, 2.05) is 12.1 Å². The average Bonchev–Trinajstić information content (AvgIpc) is 2.40. The van der Waals surface area contributed by atoms with Crippen LogP contribution in [0.5, 0.6) is 11.5 Å². The molecule has 2 aromatic rings. The van der Waals surface area contributed by atoms with Crippen LogP contribution in [0.4, 0.5) is 8.78 Å². The molecule has 2 rings (SSSR count). The second kappa shape index (κ2) is 6.02. The van der Waals surface area contributed by atoms with E-state index >= 15 is 0 Å². The van der Waals surface area contributed by atoms with Crippen LogP contribution in [0.2, 0.25) is 0 Å². The van der Waals surface area contributed by atoms with E-state index in [0.717, 1.165) is 27.9 Å². The monoisotopic (exact) mass is 328 g/mol. The Morgan fingerprint density at radius 2 is 1.84 bits per heavy atom. The molecule has 0 aliphatic heterocycles. The first-order valence-electron chi connectivity index (χ1n) is 5.50. The predicted octanol–water partition coefficient (Wildman–Crippen LogP) is 4.31. The van der Waals surface area contributed by atoms with Gasteiger partial charge in [0.1, 0.15) is 18.1 Å². The van der Waals surface area contributed by atoms with Gasteiger partial charge < -0.3 is 9.47 Å². The average molecular weight is 329 g/mol. The molecule has 0 aliphatic rings. The van der Waals surface area contributed by atoms with Crippen molar-refractivity contribution in [3.05, 3.63) is 58.1 Å². The van der Waals surface area contributed by atoms with Gasteiger partial charge in [0.15, 0.2) is 11.6 Å². The van der Waals surface area contributed by atoms with E-state index in [1.54, 1.807) is 13.2 Å². The summed E-state index contributed by atoms with van der Waals surface area (Å²) in [4.78, 5) is 0. The first kappa shape index (κ1) is 13.8. The first-order chi connectivity index (χ1) is 9.10. The standard InChI is InChI=1S/C14H11BrF2O2/c1-18-14-5-2-9(6-11(14)15)8-19-10-3-4-12(16)13(17)7-10/h2-7H,8H2,1H3. The number of rotatable bonds is 4. The van der Waals surface area contributed by atoms with Gasteiger partial charge in [-0.25, -0.2) is 8.78 Å². The highest BCUT2D eigenvalue weighted by Crippen LogP contribution is 2.26. The number of methoxy groups -OCH3 is 1. The fraction of sp³-hybridized carbons (Fsp3) is 0.143. The maximum absolute atomic E-state index is 13.0. The Morgan fingerprint density at radius 3 is 2.47 bits per heavy atom. The minimum absolute atomic E-state index is 0.258. The van der Waals surface area contributed by atoms with Crippen molar-refractivity contribution in [2.45, 2.75) is 6.61 Å². The molecule has 0 amide bonds. The lowest BCUT2D eigenvalue weighted by molar-refractivity contribution is 0.303. The van der Waals surface area contributed by atoms with Crippen LogP contribution in [0, 0.1) is 11.6 Å². The number of benzene rings is 2. The third-order valence-corrected chi connectivity index (χ3v) is 3.13. The quantitative estimate of drug-likeness (QED) is 0.832. The predicted molar refractivity (Wildman–Crippen MR) is 71.4 cm³/mol. The smallest absolute Gasteiger partial charge is 0.162 e. The normalized spacial score (nSPS) is 10.3. The molecule has 19 heavy (non-hydrogen) atoms. The van der Waals surface area contributed by atoms with Gasteiger partial charge in [-0.3, -0.25) is 0 Å². The number of ether oxygens (including phenoxy) is 2. The summed E-state index contributed by atoms with van der Waals surface area (Å²) in [7, 11) is 1.58. The number of hydrogen-bond acceptors (Lipinski definition) is 2. The fourth-order valence-corrected chi connectivity index (χ4v) is 2.12. The van der Waals surface area contributed by atoms with Crippen LogP contribution < -0.4 is 9.47 Å². The zero-order valence-corrected chi connectivity index (χ0v) is 11.7. The molecule has 0 spiro atoms. The van der Waals surface area contributed by atoms with E-state index in [9.17, 15) is 8.78 Å². The van der Waals surface area contributed by atoms with Gasteiger partial charge in [0.25, 0.3) is 0 Å². The molecule has 2 nitrogen and oxygen atoms in total. The van der Waals surface area contributed by atoms with Crippen molar-refractivity contribution in [3.63, 3.8) is 0 Å². The van der Waals surface area contributed by atoms with E-state index in [-0.39, 0.29) is 12.4 Å². The Kier molecular flexibility index (Phi) is 4.37. The lowest BCUT2D eigenvalue weighted by Crippen LogP contribution is -1.97. The Morgan fingerprint density at radius 1 is 1.05 bits per heavy atom. The van der Waals surface area contributed by atoms with Gasteiger partial charge in [-0.15, -0.1) is 0 Å². The fourth-order valence-electron chi connectivity index (χ4n) is 1.53. The Labute approximate surface area is 118 Å². The topological polar surface area (TPSA) is 18.5 Å². The van der Waals surface area contributed by atoms with Crippen LogP contribution in [0.1, 0.15) is 5.56 Å². The Hall–Kier alpha value is -1.62. The molecule has 0 fully saturated rings. The molecule has 0 heterocycles. The molecular formula is C14H11BrF2O2. The summed E-state index contributed by atoms with van der Waals surface area (Å²) in [6, 6.07) is 8.93. The van der Waals surface area contributed by atoms with E-state index < -0.39 is 11.6 Å². The van der Waals surface area contributed by atoms with Gasteiger partial charge in [0, 0.05) is 6.07 Å². The van der Waals surface area contributed by atoms with Crippen molar-refractivity contribution in [2.75, 3.05) is 7.11 Å². The zero-order chi connectivity index (χ0) is 13.8. The second-order valence-corrected chi connectivity index (χ2v) is 4.69. The Balaban J connectivity index is 2.05. The first-order valence-corrected chi connectivity index (χ1v) is 6.29. The van der Waals surface area contributed by atoms with E-state index in [4.69, 9.17) is 9.47 Å².